The Hall–Kier alpha value is -2.53. The summed E-state index contributed by atoms with van der Waals surface area (Å²) in [6, 6.07) is 18.5. The lowest BCUT2D eigenvalue weighted by Gasteiger charge is -2.15. The van der Waals surface area contributed by atoms with Crippen molar-refractivity contribution in [2.45, 2.75) is 19.1 Å². The number of nitrogens with one attached hydrogen (secondary N) is 1. The number of fused-ring (bicyclic) bond motifs is 1. The molecule has 5 heteroatoms. The van der Waals surface area contributed by atoms with Crippen molar-refractivity contribution < 1.29 is 4.79 Å². The number of amides is 1. The largest absolute Gasteiger partial charge is 0.310 e. The molecule has 0 saturated carbocycles. The molecular formula is C20H19N3OS. The average molecular weight is 349 g/mol. The lowest BCUT2D eigenvalue weighted by atomic mass is 10.0. The number of carbonyl (C=O) groups is 1. The Labute approximate surface area is 151 Å². The third kappa shape index (κ3) is 2.96. The summed E-state index contributed by atoms with van der Waals surface area (Å²) in [5, 5.41) is 7.89. The molecule has 1 aliphatic rings. The van der Waals surface area contributed by atoms with E-state index >= 15 is 0 Å². The molecule has 4 nitrogen and oxygen atoms in total. The maximum absolute atomic E-state index is 12.3. The molecule has 2 aromatic carbocycles. The first-order valence-corrected chi connectivity index (χ1v) is 9.31. The van der Waals surface area contributed by atoms with E-state index in [4.69, 9.17) is 5.10 Å². The quantitative estimate of drug-likeness (QED) is 0.752. The Morgan fingerprint density at radius 3 is 2.52 bits per heavy atom. The predicted molar refractivity (Wildman–Crippen MR) is 102 cm³/mol. The van der Waals surface area contributed by atoms with Crippen molar-refractivity contribution in [3.63, 3.8) is 0 Å². The minimum atomic E-state index is 0.0120. The van der Waals surface area contributed by atoms with E-state index in [1.165, 1.54) is 11.1 Å². The molecule has 126 valence electrons. The van der Waals surface area contributed by atoms with Gasteiger partial charge in [0.1, 0.15) is 5.82 Å². The van der Waals surface area contributed by atoms with Crippen LogP contribution in [0.2, 0.25) is 0 Å². The summed E-state index contributed by atoms with van der Waals surface area (Å²) in [5.74, 6) is 1.23. The number of rotatable bonds is 2. The lowest BCUT2D eigenvalue weighted by molar-refractivity contribution is -0.113. The molecule has 1 N–H and O–H groups in total. The van der Waals surface area contributed by atoms with Crippen LogP contribution < -0.4 is 5.32 Å². The molecule has 0 aliphatic carbocycles. The molecule has 1 aliphatic heterocycles. The molecule has 0 radical (unpaired) electrons. The van der Waals surface area contributed by atoms with Gasteiger partial charge in [-0.2, -0.15) is 5.10 Å². The second-order valence-corrected chi connectivity index (χ2v) is 7.34. The lowest BCUT2D eigenvalue weighted by Crippen LogP contribution is -2.15. The maximum atomic E-state index is 12.3. The zero-order valence-corrected chi connectivity index (χ0v) is 15.0. The van der Waals surface area contributed by atoms with E-state index in [-0.39, 0.29) is 11.2 Å². The number of hydrogen-bond donors (Lipinski definition) is 1. The molecule has 0 fully saturated rings. The van der Waals surface area contributed by atoms with E-state index in [2.05, 4.69) is 36.5 Å². The van der Waals surface area contributed by atoms with Crippen LogP contribution in [0, 0.1) is 13.8 Å². The van der Waals surface area contributed by atoms with Gasteiger partial charge in [-0.25, -0.2) is 4.68 Å². The monoisotopic (exact) mass is 349 g/mol. The van der Waals surface area contributed by atoms with Gasteiger partial charge in [0, 0.05) is 5.56 Å². The number of carbonyl (C=O) groups excluding carboxylic acids is 1. The van der Waals surface area contributed by atoms with Crippen LogP contribution in [0.25, 0.3) is 5.69 Å². The average Bonchev–Trinajstić information content (AvgIpc) is 2.83. The minimum absolute atomic E-state index is 0.0120. The molecule has 4 rings (SSSR count). The fraction of sp³-hybridized carbons (Fsp3) is 0.200. The summed E-state index contributed by atoms with van der Waals surface area (Å²) < 4.78 is 1.85. The molecule has 0 saturated heterocycles. The smallest absolute Gasteiger partial charge is 0.235 e. The van der Waals surface area contributed by atoms with Crippen molar-refractivity contribution in [3.05, 3.63) is 77.0 Å². The number of aromatic nitrogens is 2. The van der Waals surface area contributed by atoms with Crippen molar-refractivity contribution >= 4 is 23.5 Å². The summed E-state index contributed by atoms with van der Waals surface area (Å²) in [7, 11) is 0. The molecule has 2 heterocycles. The summed E-state index contributed by atoms with van der Waals surface area (Å²) in [6.45, 7) is 4.07. The van der Waals surface area contributed by atoms with Crippen LogP contribution >= 0.6 is 11.8 Å². The Balaban J connectivity index is 1.89. The van der Waals surface area contributed by atoms with E-state index < -0.39 is 0 Å². The second-order valence-electron chi connectivity index (χ2n) is 6.24. The van der Waals surface area contributed by atoms with Gasteiger partial charge >= 0.3 is 0 Å². The van der Waals surface area contributed by atoms with Gasteiger partial charge in [-0.15, -0.1) is 11.8 Å². The summed E-state index contributed by atoms with van der Waals surface area (Å²) in [6.07, 6.45) is 0. The number of anilines is 1. The third-order valence-corrected chi connectivity index (χ3v) is 5.66. The van der Waals surface area contributed by atoms with Gasteiger partial charge in [-0.05, 0) is 31.5 Å². The van der Waals surface area contributed by atoms with Crippen LogP contribution in [0.4, 0.5) is 5.82 Å². The second kappa shape index (κ2) is 6.41. The van der Waals surface area contributed by atoms with E-state index in [0.29, 0.717) is 5.75 Å². The van der Waals surface area contributed by atoms with E-state index in [1.807, 2.05) is 41.9 Å². The highest BCUT2D eigenvalue weighted by Crippen LogP contribution is 2.43. The highest BCUT2D eigenvalue weighted by Gasteiger charge is 2.30. The molecule has 0 spiro atoms. The van der Waals surface area contributed by atoms with E-state index in [9.17, 15) is 4.79 Å². The molecule has 3 aromatic rings. The molecule has 1 amide bonds. The van der Waals surface area contributed by atoms with E-state index in [0.717, 1.165) is 22.8 Å². The van der Waals surface area contributed by atoms with Gasteiger partial charge in [0.2, 0.25) is 5.91 Å². The topological polar surface area (TPSA) is 46.9 Å². The van der Waals surface area contributed by atoms with Gasteiger partial charge in [0.05, 0.1) is 22.4 Å². The molecule has 1 aromatic heterocycles. The minimum Gasteiger partial charge on any atom is -0.310 e. The van der Waals surface area contributed by atoms with Crippen molar-refractivity contribution in [2.24, 2.45) is 0 Å². The van der Waals surface area contributed by atoms with Crippen LogP contribution in [0.1, 0.15) is 27.6 Å². The normalized spacial score (nSPS) is 16.9. The summed E-state index contributed by atoms with van der Waals surface area (Å²) in [4.78, 5) is 12.3. The molecular weight excluding hydrogens is 330 g/mol. The van der Waals surface area contributed by atoms with Crippen molar-refractivity contribution in [3.8, 4) is 5.69 Å². The first-order chi connectivity index (χ1) is 12.1. The summed E-state index contributed by atoms with van der Waals surface area (Å²) in [5.41, 5.74) is 5.37. The van der Waals surface area contributed by atoms with Crippen molar-refractivity contribution in [1.29, 1.82) is 0 Å². The Morgan fingerprint density at radius 1 is 1.08 bits per heavy atom. The van der Waals surface area contributed by atoms with Crippen molar-refractivity contribution in [1.82, 2.24) is 9.78 Å². The summed E-state index contributed by atoms with van der Waals surface area (Å²) >= 11 is 1.65. The molecule has 1 atom stereocenters. The van der Waals surface area contributed by atoms with E-state index in [1.54, 1.807) is 11.8 Å². The number of nitrogens with zero attached hydrogens (tertiary/aromatic N) is 2. The van der Waals surface area contributed by atoms with Crippen LogP contribution in [0.5, 0.6) is 0 Å². The molecule has 25 heavy (non-hydrogen) atoms. The van der Waals surface area contributed by atoms with Crippen LogP contribution in [-0.4, -0.2) is 21.4 Å². The van der Waals surface area contributed by atoms with Gasteiger partial charge < -0.3 is 5.32 Å². The molecule has 0 unspecified atom stereocenters. The van der Waals surface area contributed by atoms with Gasteiger partial charge in [-0.3, -0.25) is 4.79 Å². The fourth-order valence-electron chi connectivity index (χ4n) is 3.15. The zero-order chi connectivity index (χ0) is 17.4. The molecule has 0 bridgehead atoms. The highest BCUT2D eigenvalue weighted by molar-refractivity contribution is 8.00. The first-order valence-electron chi connectivity index (χ1n) is 8.26. The Kier molecular flexibility index (Phi) is 4.09. The predicted octanol–water partition coefficient (Wildman–Crippen LogP) is 4.26. The van der Waals surface area contributed by atoms with Crippen LogP contribution in [0.15, 0.2) is 54.6 Å². The Bertz CT molecular complexity index is 916. The van der Waals surface area contributed by atoms with Gasteiger partial charge in [0.15, 0.2) is 0 Å². The van der Waals surface area contributed by atoms with Gasteiger partial charge in [-0.1, -0.05) is 48.0 Å². The van der Waals surface area contributed by atoms with Crippen LogP contribution in [-0.2, 0) is 4.79 Å². The number of benzene rings is 2. The highest BCUT2D eigenvalue weighted by atomic mass is 32.2. The maximum Gasteiger partial charge on any atom is 0.235 e. The number of hydrogen-bond acceptors (Lipinski definition) is 3. The Morgan fingerprint density at radius 2 is 1.80 bits per heavy atom. The standard InChI is InChI=1S/C20H19N3OS/c1-13-8-10-16(11-9-13)23-20-18(14(2)22-23)19(25-12-17(24)21-20)15-6-4-3-5-7-15/h3-11,19H,12H2,1-2H3,(H,21,24)/t19-/m0/s1. The zero-order valence-electron chi connectivity index (χ0n) is 14.2. The number of thioether (sulfide) groups is 1. The first kappa shape index (κ1) is 16.0. The fourth-order valence-corrected chi connectivity index (χ4v) is 4.34. The number of aryl methyl sites for hydroxylation is 2. The van der Waals surface area contributed by atoms with Gasteiger partial charge in [0.25, 0.3) is 0 Å². The SMILES string of the molecule is Cc1ccc(-n2nc(C)c3c2NC(=O)CS[C@H]3c2ccccc2)cc1. The van der Waals surface area contributed by atoms with Crippen molar-refractivity contribution in [2.75, 3.05) is 11.1 Å². The third-order valence-electron chi connectivity index (χ3n) is 4.39. The van der Waals surface area contributed by atoms with Crippen LogP contribution in [0.3, 0.4) is 0 Å².